The molecular weight excluding hydrogens is 308 g/mol. The second-order valence-electron chi connectivity index (χ2n) is 4.16. The number of hydrogen-bond acceptors (Lipinski definition) is 1. The summed E-state index contributed by atoms with van der Waals surface area (Å²) < 4.78 is 13.3. The van der Waals surface area contributed by atoms with Crippen molar-refractivity contribution in [2.75, 3.05) is 0 Å². The average Bonchev–Trinajstić information content (AvgIpc) is 2.49. The predicted octanol–water partition coefficient (Wildman–Crippen LogP) is 6.37. The predicted molar refractivity (Wildman–Crippen MR) is 88.5 cm³/mol. The number of aromatic nitrogens is 1. The molecule has 0 amide bonds. The van der Waals surface area contributed by atoms with Crippen LogP contribution in [0.25, 0.3) is 22.0 Å². The molecule has 1 nitrogen and oxygen atoms in total. The first-order chi connectivity index (χ1) is 10.1. The average molecular weight is 322 g/mol. The van der Waals surface area contributed by atoms with E-state index in [9.17, 15) is 4.39 Å². The summed E-state index contributed by atoms with van der Waals surface area (Å²) in [5, 5.41) is 2.83. The van der Waals surface area contributed by atoms with Gasteiger partial charge in [0.2, 0.25) is 0 Å². The van der Waals surface area contributed by atoms with Crippen LogP contribution < -0.4 is 0 Å². The van der Waals surface area contributed by atoms with Crippen LogP contribution in [0.3, 0.4) is 0 Å². The zero-order valence-electron chi connectivity index (χ0n) is 11.7. The highest BCUT2D eigenvalue weighted by molar-refractivity contribution is 6.38. The Morgan fingerprint density at radius 3 is 2.48 bits per heavy atom. The standard InChI is InChI=1S/C15H8Cl2FN.C2H6/c16-11-4-5-13-10(6-11)8-19-15(14(13)17)9-2-1-3-12(18)7-9;1-2/h1-8H;1-2H3. The summed E-state index contributed by atoms with van der Waals surface area (Å²) in [6.45, 7) is 4.00. The van der Waals surface area contributed by atoms with Crippen molar-refractivity contribution in [3.05, 3.63) is 64.5 Å². The van der Waals surface area contributed by atoms with Crippen molar-refractivity contribution in [1.29, 1.82) is 0 Å². The maximum absolute atomic E-state index is 13.3. The van der Waals surface area contributed by atoms with Crippen LogP contribution in [-0.4, -0.2) is 4.98 Å². The van der Waals surface area contributed by atoms with Crippen molar-refractivity contribution in [2.45, 2.75) is 13.8 Å². The van der Waals surface area contributed by atoms with Crippen LogP contribution in [0.5, 0.6) is 0 Å². The minimum atomic E-state index is -0.313. The first-order valence-corrected chi connectivity index (χ1v) is 7.40. The van der Waals surface area contributed by atoms with E-state index in [0.717, 1.165) is 10.8 Å². The molecule has 0 radical (unpaired) electrons. The highest BCUT2D eigenvalue weighted by Crippen LogP contribution is 2.33. The third-order valence-electron chi connectivity index (χ3n) is 2.89. The van der Waals surface area contributed by atoms with Gasteiger partial charge >= 0.3 is 0 Å². The van der Waals surface area contributed by atoms with E-state index in [1.165, 1.54) is 12.1 Å². The van der Waals surface area contributed by atoms with Gasteiger partial charge < -0.3 is 0 Å². The van der Waals surface area contributed by atoms with Crippen molar-refractivity contribution < 1.29 is 4.39 Å². The Hall–Kier alpha value is -1.64. The van der Waals surface area contributed by atoms with Crippen molar-refractivity contribution >= 4 is 34.0 Å². The fourth-order valence-electron chi connectivity index (χ4n) is 2.00. The molecule has 0 aliphatic carbocycles. The van der Waals surface area contributed by atoms with Crippen LogP contribution in [0.4, 0.5) is 4.39 Å². The van der Waals surface area contributed by atoms with E-state index in [2.05, 4.69) is 4.98 Å². The number of halogens is 3. The maximum Gasteiger partial charge on any atom is 0.123 e. The molecule has 0 aliphatic heterocycles. The molecule has 1 aromatic heterocycles. The Bertz CT molecular complexity index is 772. The van der Waals surface area contributed by atoms with Gasteiger partial charge in [0.05, 0.1) is 10.7 Å². The van der Waals surface area contributed by atoms with Crippen LogP contribution in [0, 0.1) is 5.82 Å². The lowest BCUT2D eigenvalue weighted by Crippen LogP contribution is -1.88. The fourth-order valence-corrected chi connectivity index (χ4v) is 2.51. The topological polar surface area (TPSA) is 12.9 Å². The number of pyridine rings is 1. The second kappa shape index (κ2) is 6.88. The summed E-state index contributed by atoms with van der Waals surface area (Å²) >= 11 is 12.3. The number of nitrogens with zero attached hydrogens (tertiary/aromatic N) is 1. The molecule has 2 aromatic carbocycles. The Balaban J connectivity index is 0.000000774. The molecule has 3 aromatic rings. The van der Waals surface area contributed by atoms with Gasteiger partial charge in [-0.25, -0.2) is 4.39 Å². The molecule has 4 heteroatoms. The number of benzene rings is 2. The van der Waals surface area contributed by atoms with Gasteiger partial charge in [-0.3, -0.25) is 4.98 Å². The summed E-state index contributed by atoms with van der Waals surface area (Å²) in [7, 11) is 0. The Kier molecular flexibility index (Phi) is 5.16. The van der Waals surface area contributed by atoms with Gasteiger partial charge in [-0.2, -0.15) is 0 Å². The SMILES string of the molecule is CC.Fc1cccc(-c2ncc3cc(Cl)ccc3c2Cl)c1. The van der Waals surface area contributed by atoms with E-state index in [1.807, 2.05) is 19.9 Å². The molecule has 0 unspecified atom stereocenters. The molecule has 0 N–H and O–H groups in total. The number of fused-ring (bicyclic) bond motifs is 1. The highest BCUT2D eigenvalue weighted by atomic mass is 35.5. The van der Waals surface area contributed by atoms with Crippen molar-refractivity contribution in [3.8, 4) is 11.3 Å². The second-order valence-corrected chi connectivity index (χ2v) is 4.98. The minimum absolute atomic E-state index is 0.313. The van der Waals surface area contributed by atoms with E-state index in [1.54, 1.807) is 30.5 Å². The highest BCUT2D eigenvalue weighted by Gasteiger charge is 2.10. The van der Waals surface area contributed by atoms with Crippen molar-refractivity contribution in [2.24, 2.45) is 0 Å². The molecule has 0 bridgehead atoms. The molecule has 0 fully saturated rings. The van der Waals surface area contributed by atoms with E-state index in [0.29, 0.717) is 21.3 Å². The van der Waals surface area contributed by atoms with Gasteiger partial charge in [0.1, 0.15) is 5.82 Å². The summed E-state index contributed by atoms with van der Waals surface area (Å²) in [5.74, 6) is -0.313. The van der Waals surface area contributed by atoms with Gasteiger partial charge in [-0.05, 0) is 24.3 Å². The van der Waals surface area contributed by atoms with E-state index in [-0.39, 0.29) is 5.82 Å². The largest absolute Gasteiger partial charge is 0.254 e. The molecule has 0 atom stereocenters. The number of rotatable bonds is 1. The molecule has 21 heavy (non-hydrogen) atoms. The van der Waals surface area contributed by atoms with Gasteiger partial charge in [0, 0.05) is 27.6 Å². The first-order valence-electron chi connectivity index (χ1n) is 6.65. The lowest BCUT2D eigenvalue weighted by Gasteiger charge is -2.07. The molecule has 3 rings (SSSR count). The summed E-state index contributed by atoms with van der Waals surface area (Å²) in [6, 6.07) is 11.6. The number of hydrogen-bond donors (Lipinski definition) is 0. The van der Waals surface area contributed by atoms with Gasteiger partial charge in [0.15, 0.2) is 0 Å². The molecule has 0 aliphatic rings. The molecule has 108 valence electrons. The van der Waals surface area contributed by atoms with Gasteiger partial charge in [-0.1, -0.05) is 55.2 Å². The van der Waals surface area contributed by atoms with Gasteiger partial charge in [0.25, 0.3) is 0 Å². The Morgan fingerprint density at radius 1 is 1.00 bits per heavy atom. The zero-order valence-corrected chi connectivity index (χ0v) is 13.2. The Morgan fingerprint density at radius 2 is 1.76 bits per heavy atom. The van der Waals surface area contributed by atoms with Gasteiger partial charge in [-0.15, -0.1) is 0 Å². The first kappa shape index (κ1) is 15.7. The monoisotopic (exact) mass is 321 g/mol. The van der Waals surface area contributed by atoms with E-state index in [4.69, 9.17) is 23.2 Å². The summed E-state index contributed by atoms with van der Waals surface area (Å²) in [5.41, 5.74) is 1.22. The van der Waals surface area contributed by atoms with Crippen LogP contribution in [0.2, 0.25) is 10.0 Å². The van der Waals surface area contributed by atoms with E-state index >= 15 is 0 Å². The fraction of sp³-hybridized carbons (Fsp3) is 0.118. The van der Waals surface area contributed by atoms with Crippen LogP contribution in [0.15, 0.2) is 48.7 Å². The third-order valence-corrected chi connectivity index (χ3v) is 3.51. The summed E-state index contributed by atoms with van der Waals surface area (Å²) in [6.07, 6.45) is 1.69. The molecule has 0 saturated carbocycles. The lowest BCUT2D eigenvalue weighted by molar-refractivity contribution is 0.628. The lowest BCUT2D eigenvalue weighted by atomic mass is 10.1. The van der Waals surface area contributed by atoms with E-state index < -0.39 is 0 Å². The normalized spacial score (nSPS) is 10.1. The van der Waals surface area contributed by atoms with Crippen molar-refractivity contribution in [3.63, 3.8) is 0 Å². The quantitative estimate of drug-likeness (QED) is 0.507. The molecule has 0 saturated heterocycles. The third kappa shape index (κ3) is 3.34. The summed E-state index contributed by atoms with van der Waals surface area (Å²) in [4.78, 5) is 4.30. The maximum atomic E-state index is 13.3. The van der Waals surface area contributed by atoms with Crippen molar-refractivity contribution in [1.82, 2.24) is 4.98 Å². The molecule has 0 spiro atoms. The smallest absolute Gasteiger partial charge is 0.123 e. The molecule has 1 heterocycles. The minimum Gasteiger partial charge on any atom is -0.254 e. The zero-order chi connectivity index (χ0) is 15.4. The van der Waals surface area contributed by atoms with Crippen LogP contribution in [0.1, 0.15) is 13.8 Å². The Labute approximate surface area is 133 Å². The molecular formula is C17H14Cl2FN. The van der Waals surface area contributed by atoms with Crippen LogP contribution in [-0.2, 0) is 0 Å². The van der Waals surface area contributed by atoms with Crippen LogP contribution >= 0.6 is 23.2 Å².